The molecule has 4 rings (SSSR count). The van der Waals surface area contributed by atoms with Gasteiger partial charge in [-0.05, 0) is 55.8 Å². The van der Waals surface area contributed by atoms with Crippen molar-refractivity contribution in [3.05, 3.63) is 53.7 Å². The van der Waals surface area contributed by atoms with Gasteiger partial charge in [-0.15, -0.1) is 24.8 Å². The summed E-state index contributed by atoms with van der Waals surface area (Å²) in [5.74, 6) is 1.56. The molecule has 3 aromatic rings. The highest BCUT2D eigenvalue weighted by molar-refractivity contribution is 6.32. The molecule has 0 atom stereocenters. The number of piperidine rings is 1. The molecule has 1 N–H and O–H groups in total. The van der Waals surface area contributed by atoms with Crippen molar-refractivity contribution >= 4 is 47.3 Å². The monoisotopic (exact) mass is 440 g/mol. The lowest BCUT2D eigenvalue weighted by Crippen LogP contribution is -2.34. The Kier molecular flexibility index (Phi) is 8.20. The second-order valence-electron chi connectivity index (χ2n) is 6.50. The first-order chi connectivity index (χ1) is 12.7. The van der Waals surface area contributed by atoms with Crippen LogP contribution in [0.5, 0.6) is 11.5 Å². The van der Waals surface area contributed by atoms with E-state index in [0.29, 0.717) is 16.9 Å². The fourth-order valence-electron chi connectivity index (χ4n) is 3.28. The van der Waals surface area contributed by atoms with E-state index in [9.17, 15) is 0 Å². The van der Waals surface area contributed by atoms with E-state index in [4.69, 9.17) is 21.1 Å². The van der Waals surface area contributed by atoms with Gasteiger partial charge in [-0.2, -0.15) is 0 Å². The number of pyridine rings is 1. The van der Waals surface area contributed by atoms with Crippen LogP contribution in [-0.4, -0.2) is 31.3 Å². The third-order valence-electron chi connectivity index (χ3n) is 4.73. The highest BCUT2D eigenvalue weighted by Gasteiger charge is 2.14. The Hall–Kier alpha value is -1.72. The average molecular weight is 442 g/mol. The number of nitrogens with zero attached hydrogens (tertiary/aromatic N) is 1. The Morgan fingerprint density at radius 1 is 1.00 bits per heavy atom. The van der Waals surface area contributed by atoms with Crippen LogP contribution >= 0.6 is 36.4 Å². The summed E-state index contributed by atoms with van der Waals surface area (Å²) in [4.78, 5) is 4.55. The summed E-state index contributed by atoms with van der Waals surface area (Å²) in [5.41, 5.74) is 3.01. The first kappa shape index (κ1) is 22.6. The second-order valence-corrected chi connectivity index (χ2v) is 6.90. The largest absolute Gasteiger partial charge is 0.495 e. The lowest BCUT2D eigenvalue weighted by Gasteiger charge is -2.23. The molecule has 2 heterocycles. The highest BCUT2D eigenvalue weighted by Crippen LogP contribution is 2.31. The maximum absolute atomic E-state index is 6.24. The van der Waals surface area contributed by atoms with Crippen LogP contribution in [0, 0.1) is 0 Å². The summed E-state index contributed by atoms with van der Waals surface area (Å²) in [5, 5.41) is 4.93. The lowest BCUT2D eigenvalue weighted by atomic mass is 10.0. The zero-order chi connectivity index (χ0) is 17.9. The molecule has 0 radical (unpaired) electrons. The smallest absolute Gasteiger partial charge is 0.139 e. The highest BCUT2D eigenvalue weighted by atomic mass is 35.5. The van der Waals surface area contributed by atoms with Crippen LogP contribution in [0.1, 0.15) is 12.8 Å². The number of hydrogen-bond acceptors (Lipinski definition) is 4. The Morgan fingerprint density at radius 3 is 2.39 bits per heavy atom. The molecule has 0 aliphatic carbocycles. The fourth-order valence-corrected chi connectivity index (χ4v) is 3.52. The first-order valence-corrected chi connectivity index (χ1v) is 9.22. The Labute approximate surface area is 182 Å². The molecular formula is C21H23Cl3N2O2. The van der Waals surface area contributed by atoms with Gasteiger partial charge >= 0.3 is 0 Å². The van der Waals surface area contributed by atoms with Crippen molar-refractivity contribution in [3.63, 3.8) is 0 Å². The van der Waals surface area contributed by atoms with E-state index in [1.165, 1.54) is 0 Å². The van der Waals surface area contributed by atoms with Crippen molar-refractivity contribution in [3.8, 4) is 22.6 Å². The second kappa shape index (κ2) is 10.2. The van der Waals surface area contributed by atoms with Gasteiger partial charge < -0.3 is 14.8 Å². The van der Waals surface area contributed by atoms with Gasteiger partial charge in [0.25, 0.3) is 0 Å². The molecule has 0 spiro atoms. The third kappa shape index (κ3) is 5.00. The van der Waals surface area contributed by atoms with Gasteiger partial charge in [0.1, 0.15) is 17.6 Å². The van der Waals surface area contributed by atoms with Gasteiger partial charge in [0.15, 0.2) is 0 Å². The molecule has 0 saturated carbocycles. The van der Waals surface area contributed by atoms with Crippen molar-refractivity contribution in [1.29, 1.82) is 0 Å². The number of halogens is 3. The van der Waals surface area contributed by atoms with Crippen LogP contribution in [0.3, 0.4) is 0 Å². The Morgan fingerprint density at radius 2 is 1.71 bits per heavy atom. The maximum atomic E-state index is 6.24. The standard InChI is InChI=1S/C21H21ClN2O2.2ClH/c1-25-21-12-20-15(11-19(21)22)10-16(13-24-20)14-2-4-17(5-3-14)26-18-6-8-23-9-7-18;;/h2-5,10-13,18,23H,6-9H2,1H3;2*1H. The molecule has 1 fully saturated rings. The molecule has 1 aromatic heterocycles. The number of methoxy groups -OCH3 is 1. The third-order valence-corrected chi connectivity index (χ3v) is 5.03. The molecular weight excluding hydrogens is 419 g/mol. The number of hydrogen-bond donors (Lipinski definition) is 1. The van der Waals surface area contributed by atoms with Crippen LogP contribution in [0.15, 0.2) is 48.7 Å². The van der Waals surface area contributed by atoms with Gasteiger partial charge in [0.05, 0.1) is 17.6 Å². The molecule has 0 amide bonds. The first-order valence-electron chi connectivity index (χ1n) is 8.84. The van der Waals surface area contributed by atoms with Crippen molar-refractivity contribution in [2.75, 3.05) is 20.2 Å². The minimum atomic E-state index is 0. The normalized spacial score (nSPS) is 14.1. The maximum Gasteiger partial charge on any atom is 0.139 e. The van der Waals surface area contributed by atoms with E-state index in [1.807, 2.05) is 30.5 Å². The van der Waals surface area contributed by atoms with E-state index in [2.05, 4.69) is 28.5 Å². The van der Waals surface area contributed by atoms with E-state index in [0.717, 1.165) is 53.7 Å². The summed E-state index contributed by atoms with van der Waals surface area (Å²) < 4.78 is 11.3. The van der Waals surface area contributed by atoms with Crippen molar-refractivity contribution in [2.45, 2.75) is 18.9 Å². The molecule has 150 valence electrons. The van der Waals surface area contributed by atoms with E-state index in [1.54, 1.807) is 7.11 Å². The average Bonchev–Trinajstić information content (AvgIpc) is 2.68. The number of aromatic nitrogens is 1. The van der Waals surface area contributed by atoms with Crippen molar-refractivity contribution < 1.29 is 9.47 Å². The summed E-state index contributed by atoms with van der Waals surface area (Å²) in [6, 6.07) is 14.1. The minimum Gasteiger partial charge on any atom is -0.495 e. The van der Waals surface area contributed by atoms with Crippen molar-refractivity contribution in [2.24, 2.45) is 0 Å². The summed E-state index contributed by atoms with van der Waals surface area (Å²) in [6.45, 7) is 2.05. The molecule has 0 bridgehead atoms. The Bertz CT molecular complexity index is 913. The number of nitrogens with one attached hydrogen (secondary N) is 1. The van der Waals surface area contributed by atoms with Crippen molar-refractivity contribution in [1.82, 2.24) is 10.3 Å². The van der Waals surface area contributed by atoms with Crippen LogP contribution in [0.25, 0.3) is 22.0 Å². The van der Waals surface area contributed by atoms with Gasteiger partial charge in [0.2, 0.25) is 0 Å². The summed E-state index contributed by atoms with van der Waals surface area (Å²) >= 11 is 6.24. The number of ether oxygens (including phenoxy) is 2. The topological polar surface area (TPSA) is 43.4 Å². The summed E-state index contributed by atoms with van der Waals surface area (Å²) in [7, 11) is 1.61. The van der Waals surface area contributed by atoms with Gasteiger partial charge in [-0.1, -0.05) is 23.7 Å². The van der Waals surface area contributed by atoms with E-state index < -0.39 is 0 Å². The quantitative estimate of drug-likeness (QED) is 0.577. The SMILES string of the molecule is COc1cc2ncc(-c3ccc(OC4CCNCC4)cc3)cc2cc1Cl.Cl.Cl. The molecule has 0 unspecified atom stereocenters. The van der Waals surface area contributed by atoms with Crippen LogP contribution in [-0.2, 0) is 0 Å². The van der Waals surface area contributed by atoms with Gasteiger partial charge in [-0.3, -0.25) is 4.98 Å². The number of rotatable bonds is 4. The molecule has 1 saturated heterocycles. The van der Waals surface area contributed by atoms with E-state index in [-0.39, 0.29) is 24.8 Å². The number of benzene rings is 2. The molecule has 1 aliphatic rings. The molecule has 2 aromatic carbocycles. The fraction of sp³-hybridized carbons (Fsp3) is 0.286. The lowest BCUT2D eigenvalue weighted by molar-refractivity contribution is 0.162. The molecule has 7 heteroatoms. The van der Waals surface area contributed by atoms with Gasteiger partial charge in [0, 0.05) is 23.2 Å². The van der Waals surface area contributed by atoms with Crippen LogP contribution < -0.4 is 14.8 Å². The predicted molar refractivity (Wildman–Crippen MR) is 120 cm³/mol. The molecule has 4 nitrogen and oxygen atoms in total. The van der Waals surface area contributed by atoms with E-state index >= 15 is 0 Å². The van der Waals surface area contributed by atoms with Gasteiger partial charge in [-0.25, -0.2) is 0 Å². The minimum absolute atomic E-state index is 0. The zero-order valence-corrected chi connectivity index (χ0v) is 17.9. The summed E-state index contributed by atoms with van der Waals surface area (Å²) in [6.07, 6.45) is 4.29. The Balaban J connectivity index is 0.00000140. The number of fused-ring (bicyclic) bond motifs is 1. The predicted octanol–water partition coefficient (Wildman–Crippen LogP) is 5.54. The van der Waals surface area contributed by atoms with Crippen LogP contribution in [0.2, 0.25) is 5.02 Å². The van der Waals surface area contributed by atoms with Crippen LogP contribution in [0.4, 0.5) is 0 Å². The molecule has 28 heavy (non-hydrogen) atoms. The molecule has 1 aliphatic heterocycles. The zero-order valence-electron chi connectivity index (χ0n) is 15.5.